The van der Waals surface area contributed by atoms with Crippen LogP contribution >= 0.6 is 0 Å². The molecule has 0 bridgehead atoms. The lowest BCUT2D eigenvalue weighted by molar-refractivity contribution is 0.117. The van der Waals surface area contributed by atoms with Crippen LogP contribution < -0.4 is 4.72 Å². The molecule has 1 aliphatic rings. The molecule has 2 heterocycles. The first-order valence-electron chi connectivity index (χ1n) is 5.72. The minimum absolute atomic E-state index is 0.0428. The maximum Gasteiger partial charge on any atom is 0.258 e. The van der Waals surface area contributed by atoms with Crippen LogP contribution in [0.5, 0.6) is 0 Å². The lowest BCUT2D eigenvalue weighted by atomic mass is 10.2. The average molecular weight is 272 g/mol. The van der Waals surface area contributed by atoms with E-state index in [1.54, 1.807) is 0 Å². The summed E-state index contributed by atoms with van der Waals surface area (Å²) < 4.78 is 32.0. The van der Waals surface area contributed by atoms with Crippen molar-refractivity contribution in [3.8, 4) is 0 Å². The largest absolute Gasteiger partial charge is 0.392 e. The lowest BCUT2D eigenvalue weighted by Crippen LogP contribution is -2.39. The zero-order valence-electron chi connectivity index (χ0n) is 10.0. The third-order valence-electron chi connectivity index (χ3n) is 2.94. The number of pyridine rings is 1. The molecule has 6 nitrogen and oxygen atoms in total. The first-order chi connectivity index (χ1) is 8.53. The van der Waals surface area contributed by atoms with E-state index in [-0.39, 0.29) is 23.8 Å². The fraction of sp³-hybridized carbons (Fsp3) is 0.545. The van der Waals surface area contributed by atoms with Crippen molar-refractivity contribution in [1.82, 2.24) is 9.71 Å². The van der Waals surface area contributed by atoms with Crippen LogP contribution in [-0.4, -0.2) is 37.3 Å². The van der Waals surface area contributed by atoms with Crippen molar-refractivity contribution >= 4 is 10.0 Å². The van der Waals surface area contributed by atoms with E-state index in [4.69, 9.17) is 9.84 Å². The molecular formula is C11H16N2O4S. The number of aromatic nitrogens is 1. The van der Waals surface area contributed by atoms with Gasteiger partial charge in [0.1, 0.15) is 0 Å². The van der Waals surface area contributed by atoms with Crippen LogP contribution in [0.25, 0.3) is 0 Å². The Kier molecular flexibility index (Phi) is 3.96. The second kappa shape index (κ2) is 5.31. The van der Waals surface area contributed by atoms with Crippen LogP contribution in [0.4, 0.5) is 0 Å². The highest BCUT2D eigenvalue weighted by Crippen LogP contribution is 2.16. The van der Waals surface area contributed by atoms with E-state index in [0.29, 0.717) is 18.6 Å². The molecule has 100 valence electrons. The number of rotatable bonds is 4. The highest BCUT2D eigenvalue weighted by atomic mass is 32.2. The second-order valence-corrected chi connectivity index (χ2v) is 5.92. The molecule has 18 heavy (non-hydrogen) atoms. The summed E-state index contributed by atoms with van der Waals surface area (Å²) in [6.07, 6.45) is 1.88. The summed E-state index contributed by atoms with van der Waals surface area (Å²) in [6.45, 7) is 2.24. The maximum atomic E-state index is 12.0. The van der Waals surface area contributed by atoms with Crippen LogP contribution in [0.2, 0.25) is 0 Å². The minimum Gasteiger partial charge on any atom is -0.392 e. The van der Waals surface area contributed by atoms with Gasteiger partial charge in [-0.25, -0.2) is 18.1 Å². The molecule has 2 N–H and O–H groups in total. The number of nitrogens with zero attached hydrogens (tertiary/aromatic N) is 1. The third-order valence-corrected chi connectivity index (χ3v) is 4.34. The van der Waals surface area contributed by atoms with Crippen molar-refractivity contribution < 1.29 is 18.3 Å². The lowest BCUT2D eigenvalue weighted by Gasteiger charge is -2.15. The zero-order valence-corrected chi connectivity index (χ0v) is 10.9. The summed E-state index contributed by atoms with van der Waals surface area (Å²) >= 11 is 0. The van der Waals surface area contributed by atoms with Crippen molar-refractivity contribution in [2.24, 2.45) is 0 Å². The van der Waals surface area contributed by atoms with Crippen LogP contribution in [0, 0.1) is 0 Å². The Morgan fingerprint density at radius 2 is 2.33 bits per heavy atom. The molecule has 0 aromatic carbocycles. The highest BCUT2D eigenvalue weighted by molar-refractivity contribution is 7.89. The molecule has 2 atom stereocenters. The van der Waals surface area contributed by atoms with Gasteiger partial charge in [-0.2, -0.15) is 0 Å². The molecule has 1 aromatic rings. The summed E-state index contributed by atoms with van der Waals surface area (Å²) in [5.41, 5.74) is 0.575. The highest BCUT2D eigenvalue weighted by Gasteiger charge is 2.29. The van der Waals surface area contributed by atoms with Crippen molar-refractivity contribution in [2.75, 3.05) is 6.61 Å². The Morgan fingerprint density at radius 3 is 2.83 bits per heavy atom. The third kappa shape index (κ3) is 2.86. The molecule has 1 aliphatic heterocycles. The average Bonchev–Trinajstić information content (AvgIpc) is 2.74. The van der Waals surface area contributed by atoms with E-state index >= 15 is 0 Å². The first-order valence-corrected chi connectivity index (χ1v) is 7.21. The van der Waals surface area contributed by atoms with Gasteiger partial charge in [-0.1, -0.05) is 6.07 Å². The standard InChI is InChI=1S/C11H16N2O4S/c1-8-10(4-5-17-8)13-18(15,16)11-3-2-9(7-14)6-12-11/h2-3,6,8,10,13-14H,4-5,7H2,1H3. The molecular weight excluding hydrogens is 256 g/mol. The van der Waals surface area contributed by atoms with Gasteiger partial charge in [0.15, 0.2) is 5.03 Å². The van der Waals surface area contributed by atoms with Gasteiger partial charge >= 0.3 is 0 Å². The number of aliphatic hydroxyl groups excluding tert-OH is 1. The van der Waals surface area contributed by atoms with Crippen LogP contribution in [0.1, 0.15) is 18.9 Å². The second-order valence-electron chi connectivity index (χ2n) is 4.26. The molecule has 2 unspecified atom stereocenters. The Labute approximate surface area is 106 Å². The maximum absolute atomic E-state index is 12.0. The van der Waals surface area contributed by atoms with Crippen LogP contribution in [0.15, 0.2) is 23.4 Å². The SMILES string of the molecule is CC1OCCC1NS(=O)(=O)c1ccc(CO)cn1. The van der Waals surface area contributed by atoms with Gasteiger partial charge in [0.2, 0.25) is 0 Å². The number of sulfonamides is 1. The molecule has 1 saturated heterocycles. The number of ether oxygens (including phenoxy) is 1. The number of hydrogen-bond acceptors (Lipinski definition) is 5. The fourth-order valence-corrected chi connectivity index (χ4v) is 3.08. The van der Waals surface area contributed by atoms with E-state index in [9.17, 15) is 8.42 Å². The van der Waals surface area contributed by atoms with Gasteiger partial charge in [0, 0.05) is 12.8 Å². The van der Waals surface area contributed by atoms with E-state index in [1.807, 2.05) is 6.92 Å². The van der Waals surface area contributed by atoms with Crippen molar-refractivity contribution in [3.05, 3.63) is 23.9 Å². The molecule has 0 saturated carbocycles. The van der Waals surface area contributed by atoms with Crippen LogP contribution in [0.3, 0.4) is 0 Å². The normalized spacial score (nSPS) is 24.3. The smallest absolute Gasteiger partial charge is 0.258 e. The van der Waals surface area contributed by atoms with E-state index in [1.165, 1.54) is 18.3 Å². The van der Waals surface area contributed by atoms with Gasteiger partial charge in [-0.05, 0) is 25.0 Å². The van der Waals surface area contributed by atoms with Crippen molar-refractivity contribution in [2.45, 2.75) is 37.1 Å². The van der Waals surface area contributed by atoms with Crippen molar-refractivity contribution in [3.63, 3.8) is 0 Å². The van der Waals surface area contributed by atoms with Crippen molar-refractivity contribution in [1.29, 1.82) is 0 Å². The minimum atomic E-state index is -3.62. The Bertz CT molecular complexity index is 500. The quantitative estimate of drug-likeness (QED) is 0.807. The molecule has 0 amide bonds. The van der Waals surface area contributed by atoms with Gasteiger partial charge in [-0.3, -0.25) is 0 Å². The van der Waals surface area contributed by atoms with Gasteiger partial charge in [-0.15, -0.1) is 0 Å². The molecule has 1 fully saturated rings. The summed E-state index contributed by atoms with van der Waals surface area (Å²) in [4.78, 5) is 3.84. The van der Waals surface area contributed by atoms with Gasteiger partial charge in [0.05, 0.1) is 18.8 Å². The Hall–Kier alpha value is -1.02. The number of nitrogens with one attached hydrogen (secondary N) is 1. The van der Waals surface area contributed by atoms with E-state index in [0.717, 1.165) is 0 Å². The van der Waals surface area contributed by atoms with E-state index in [2.05, 4.69) is 9.71 Å². The molecule has 2 rings (SSSR count). The monoisotopic (exact) mass is 272 g/mol. The number of hydrogen-bond donors (Lipinski definition) is 2. The first kappa shape index (κ1) is 13.4. The molecule has 0 spiro atoms. The summed E-state index contributed by atoms with van der Waals surface area (Å²) in [5.74, 6) is 0. The fourth-order valence-electron chi connectivity index (χ4n) is 1.81. The Balaban J connectivity index is 2.14. The summed E-state index contributed by atoms with van der Waals surface area (Å²) in [5, 5.41) is 8.83. The predicted molar refractivity (Wildman–Crippen MR) is 64.3 cm³/mol. The topological polar surface area (TPSA) is 88.5 Å². The molecule has 0 radical (unpaired) electrons. The summed E-state index contributed by atoms with van der Waals surface area (Å²) in [7, 11) is -3.62. The molecule has 7 heteroatoms. The molecule has 1 aromatic heterocycles. The number of aliphatic hydroxyl groups is 1. The summed E-state index contributed by atoms with van der Waals surface area (Å²) in [6, 6.07) is 2.71. The molecule has 0 aliphatic carbocycles. The predicted octanol–water partition coefficient (Wildman–Crippen LogP) is 0.0296. The van der Waals surface area contributed by atoms with Crippen LogP contribution in [-0.2, 0) is 21.4 Å². The Morgan fingerprint density at radius 1 is 1.56 bits per heavy atom. The van der Waals surface area contributed by atoms with Gasteiger partial charge in [0.25, 0.3) is 10.0 Å². The van der Waals surface area contributed by atoms with Gasteiger partial charge < -0.3 is 9.84 Å². The van der Waals surface area contributed by atoms with E-state index < -0.39 is 10.0 Å². The zero-order chi connectivity index (χ0) is 13.2.